The summed E-state index contributed by atoms with van der Waals surface area (Å²) in [6.45, 7) is 11.4. The standard InChI is InChI=1S/C30H37ClF3N3O4/c1-7-39-28(38)29(4,5)41-27-13-8-21(16-25(27)31)18-36(6)19-23-17-26(35-37(23)15-14-20(2)3)22-9-11-24(12-10-22)40-30(32,33)34/h8-13,16-17,20H,7,14-15,18-19H2,1-6H3. The van der Waals surface area contributed by atoms with Crippen LogP contribution in [0.1, 0.15) is 52.3 Å². The van der Waals surface area contributed by atoms with Crippen LogP contribution in [0.4, 0.5) is 13.2 Å². The Kier molecular flexibility index (Phi) is 10.7. The summed E-state index contributed by atoms with van der Waals surface area (Å²) in [5.41, 5.74) is 2.10. The molecule has 0 bridgehead atoms. The first kappa shape index (κ1) is 32.3. The zero-order valence-corrected chi connectivity index (χ0v) is 25.0. The lowest BCUT2D eigenvalue weighted by Crippen LogP contribution is -2.39. The quantitative estimate of drug-likeness (QED) is 0.191. The Morgan fingerprint density at radius 2 is 1.73 bits per heavy atom. The molecule has 0 saturated carbocycles. The molecule has 0 saturated heterocycles. The van der Waals surface area contributed by atoms with Gasteiger partial charge in [0.1, 0.15) is 11.5 Å². The summed E-state index contributed by atoms with van der Waals surface area (Å²) in [4.78, 5) is 14.3. The monoisotopic (exact) mass is 595 g/mol. The highest BCUT2D eigenvalue weighted by molar-refractivity contribution is 6.32. The fourth-order valence-electron chi connectivity index (χ4n) is 4.12. The van der Waals surface area contributed by atoms with Crippen molar-refractivity contribution in [3.63, 3.8) is 0 Å². The van der Waals surface area contributed by atoms with Crippen LogP contribution in [0, 0.1) is 5.92 Å². The van der Waals surface area contributed by atoms with E-state index in [1.165, 1.54) is 12.1 Å². The van der Waals surface area contributed by atoms with Gasteiger partial charge in [-0.15, -0.1) is 13.2 Å². The minimum Gasteiger partial charge on any atom is -0.475 e. The van der Waals surface area contributed by atoms with E-state index >= 15 is 0 Å². The Hall–Kier alpha value is -3.24. The van der Waals surface area contributed by atoms with Crippen molar-refractivity contribution < 1.29 is 32.2 Å². The van der Waals surface area contributed by atoms with Gasteiger partial charge in [-0.3, -0.25) is 9.58 Å². The molecular weight excluding hydrogens is 559 g/mol. The lowest BCUT2D eigenvalue weighted by atomic mass is 10.1. The van der Waals surface area contributed by atoms with E-state index in [0.717, 1.165) is 17.7 Å². The molecule has 0 atom stereocenters. The van der Waals surface area contributed by atoms with Crippen LogP contribution in [-0.2, 0) is 29.2 Å². The molecule has 41 heavy (non-hydrogen) atoms. The molecule has 3 aromatic rings. The largest absolute Gasteiger partial charge is 0.573 e. The van der Waals surface area contributed by atoms with Gasteiger partial charge in [-0.25, -0.2) is 4.79 Å². The summed E-state index contributed by atoms with van der Waals surface area (Å²) < 4.78 is 54.5. The number of hydrogen-bond acceptors (Lipinski definition) is 6. The number of aromatic nitrogens is 2. The maximum atomic E-state index is 12.5. The number of esters is 1. The molecule has 224 valence electrons. The first-order valence-corrected chi connectivity index (χ1v) is 13.8. The zero-order valence-electron chi connectivity index (χ0n) is 24.2. The number of ether oxygens (including phenoxy) is 3. The molecule has 0 unspecified atom stereocenters. The van der Waals surface area contributed by atoms with Gasteiger partial charge in [0.05, 0.1) is 23.0 Å². The Morgan fingerprint density at radius 3 is 2.32 bits per heavy atom. The Balaban J connectivity index is 1.74. The third-order valence-corrected chi connectivity index (χ3v) is 6.47. The van der Waals surface area contributed by atoms with Crippen LogP contribution in [0.25, 0.3) is 11.3 Å². The second-order valence-electron chi connectivity index (χ2n) is 10.8. The van der Waals surface area contributed by atoms with Gasteiger partial charge in [0, 0.05) is 25.2 Å². The number of carbonyl (C=O) groups excluding carboxylic acids is 1. The lowest BCUT2D eigenvalue weighted by Gasteiger charge is -2.25. The van der Waals surface area contributed by atoms with Crippen LogP contribution < -0.4 is 9.47 Å². The molecule has 3 rings (SSSR count). The zero-order chi connectivity index (χ0) is 30.4. The summed E-state index contributed by atoms with van der Waals surface area (Å²) in [7, 11) is 1.98. The second kappa shape index (κ2) is 13.6. The number of aryl methyl sites for hydroxylation is 1. The van der Waals surface area contributed by atoms with Gasteiger partial charge in [0.15, 0.2) is 5.60 Å². The van der Waals surface area contributed by atoms with E-state index in [1.807, 2.05) is 23.9 Å². The molecule has 2 aromatic carbocycles. The number of nitrogens with zero attached hydrogens (tertiary/aromatic N) is 3. The predicted molar refractivity (Wildman–Crippen MR) is 152 cm³/mol. The number of hydrogen-bond donors (Lipinski definition) is 0. The van der Waals surface area contributed by atoms with Crippen LogP contribution >= 0.6 is 11.6 Å². The fraction of sp³-hybridized carbons (Fsp3) is 0.467. The van der Waals surface area contributed by atoms with Crippen LogP contribution in [0.5, 0.6) is 11.5 Å². The lowest BCUT2D eigenvalue weighted by molar-refractivity contribution is -0.274. The number of halogens is 4. The summed E-state index contributed by atoms with van der Waals surface area (Å²) in [5, 5.41) is 5.14. The van der Waals surface area contributed by atoms with E-state index in [0.29, 0.717) is 47.6 Å². The van der Waals surface area contributed by atoms with Crippen molar-refractivity contribution in [2.45, 2.75) is 72.6 Å². The smallest absolute Gasteiger partial charge is 0.475 e. The summed E-state index contributed by atoms with van der Waals surface area (Å²) in [5.74, 6) is 0.113. The molecule has 0 aliphatic rings. The fourth-order valence-corrected chi connectivity index (χ4v) is 4.36. The first-order chi connectivity index (χ1) is 19.2. The SMILES string of the molecule is CCOC(=O)C(C)(C)Oc1ccc(CN(C)Cc2cc(-c3ccc(OC(F)(F)F)cc3)nn2CCC(C)C)cc1Cl. The van der Waals surface area contributed by atoms with Gasteiger partial charge < -0.3 is 14.2 Å². The van der Waals surface area contributed by atoms with Crippen molar-refractivity contribution in [2.24, 2.45) is 5.92 Å². The third kappa shape index (κ3) is 9.67. The minimum absolute atomic E-state index is 0.256. The summed E-state index contributed by atoms with van der Waals surface area (Å²) in [6, 6.07) is 13.1. The molecule has 0 aliphatic carbocycles. The van der Waals surface area contributed by atoms with Gasteiger partial charge in [0.25, 0.3) is 0 Å². The van der Waals surface area contributed by atoms with Gasteiger partial charge >= 0.3 is 12.3 Å². The molecular formula is C30H37ClF3N3O4. The first-order valence-electron chi connectivity index (χ1n) is 13.4. The van der Waals surface area contributed by atoms with E-state index < -0.39 is 17.9 Å². The Labute approximate surface area is 244 Å². The van der Waals surface area contributed by atoms with Crippen LogP contribution in [0.2, 0.25) is 5.02 Å². The van der Waals surface area contributed by atoms with E-state index in [9.17, 15) is 18.0 Å². The van der Waals surface area contributed by atoms with Crippen molar-refractivity contribution >= 4 is 17.6 Å². The molecule has 7 nitrogen and oxygen atoms in total. The molecule has 0 N–H and O–H groups in total. The Morgan fingerprint density at radius 1 is 1.05 bits per heavy atom. The Bertz CT molecular complexity index is 1310. The van der Waals surface area contributed by atoms with Crippen molar-refractivity contribution in [3.8, 4) is 22.8 Å². The number of rotatable bonds is 13. The van der Waals surface area contributed by atoms with Crippen LogP contribution in [0.15, 0.2) is 48.5 Å². The highest BCUT2D eigenvalue weighted by Gasteiger charge is 2.32. The average molecular weight is 596 g/mol. The van der Waals surface area contributed by atoms with Gasteiger partial charge in [-0.2, -0.15) is 5.10 Å². The maximum absolute atomic E-state index is 12.5. The van der Waals surface area contributed by atoms with E-state index in [1.54, 1.807) is 45.0 Å². The van der Waals surface area contributed by atoms with Crippen molar-refractivity contribution in [2.75, 3.05) is 13.7 Å². The average Bonchev–Trinajstić information content (AvgIpc) is 3.26. The van der Waals surface area contributed by atoms with Crippen molar-refractivity contribution in [1.29, 1.82) is 0 Å². The molecule has 1 heterocycles. The summed E-state index contributed by atoms with van der Waals surface area (Å²) >= 11 is 6.49. The van der Waals surface area contributed by atoms with Gasteiger partial charge in [0.2, 0.25) is 0 Å². The van der Waals surface area contributed by atoms with Crippen LogP contribution in [-0.4, -0.2) is 46.3 Å². The molecule has 0 aliphatic heterocycles. The minimum atomic E-state index is -4.74. The van der Waals surface area contributed by atoms with Gasteiger partial charge in [-0.05, 0) is 88.2 Å². The molecule has 0 radical (unpaired) electrons. The molecule has 0 amide bonds. The molecule has 1 aromatic heterocycles. The third-order valence-electron chi connectivity index (χ3n) is 6.18. The number of alkyl halides is 3. The number of benzene rings is 2. The highest BCUT2D eigenvalue weighted by Crippen LogP contribution is 2.31. The molecule has 0 fully saturated rings. The molecule has 0 spiro atoms. The highest BCUT2D eigenvalue weighted by atomic mass is 35.5. The molecule has 11 heteroatoms. The van der Waals surface area contributed by atoms with E-state index in [4.69, 9.17) is 26.2 Å². The van der Waals surface area contributed by atoms with E-state index in [-0.39, 0.29) is 12.4 Å². The normalized spacial score (nSPS) is 12.2. The van der Waals surface area contributed by atoms with Crippen LogP contribution in [0.3, 0.4) is 0 Å². The predicted octanol–water partition coefficient (Wildman–Crippen LogP) is 7.50. The summed E-state index contributed by atoms with van der Waals surface area (Å²) in [6.07, 6.45) is -3.82. The maximum Gasteiger partial charge on any atom is 0.573 e. The topological polar surface area (TPSA) is 65.8 Å². The van der Waals surface area contributed by atoms with Crippen molar-refractivity contribution in [1.82, 2.24) is 14.7 Å². The second-order valence-corrected chi connectivity index (χ2v) is 11.2. The van der Waals surface area contributed by atoms with Crippen molar-refractivity contribution in [3.05, 3.63) is 64.8 Å². The van der Waals surface area contributed by atoms with E-state index in [2.05, 4.69) is 23.5 Å². The van der Waals surface area contributed by atoms with Gasteiger partial charge in [-0.1, -0.05) is 31.5 Å². The number of carbonyl (C=O) groups is 1.